The Labute approximate surface area is 193 Å². The third-order valence-electron chi connectivity index (χ3n) is 5.14. The summed E-state index contributed by atoms with van der Waals surface area (Å²) in [6, 6.07) is 13.9. The van der Waals surface area contributed by atoms with E-state index in [1.54, 1.807) is 39.2 Å². The van der Waals surface area contributed by atoms with Crippen LogP contribution in [0.15, 0.2) is 69.6 Å². The van der Waals surface area contributed by atoms with E-state index < -0.39 is 12.0 Å². The molecule has 0 bridgehead atoms. The van der Waals surface area contributed by atoms with Crippen molar-refractivity contribution in [3.63, 3.8) is 0 Å². The maximum atomic E-state index is 13.6. The number of rotatable bonds is 5. The predicted molar refractivity (Wildman–Crippen MR) is 125 cm³/mol. The minimum absolute atomic E-state index is 0.211. The van der Waals surface area contributed by atoms with E-state index in [2.05, 4.69) is 4.99 Å². The van der Waals surface area contributed by atoms with E-state index in [4.69, 9.17) is 21.1 Å². The largest absolute Gasteiger partial charge is 0.496 e. The molecule has 0 fully saturated rings. The average molecular weight is 469 g/mol. The third kappa shape index (κ3) is 3.89. The van der Waals surface area contributed by atoms with Crippen LogP contribution in [0.5, 0.6) is 5.75 Å². The Hall–Kier alpha value is -3.16. The summed E-state index contributed by atoms with van der Waals surface area (Å²) in [5, 5.41) is 0.452. The second kappa shape index (κ2) is 9.14. The molecular formula is C24H21ClN2O4S. The van der Waals surface area contributed by atoms with Gasteiger partial charge in [0.05, 0.1) is 29.5 Å². The molecule has 1 aliphatic rings. The summed E-state index contributed by atoms with van der Waals surface area (Å²) in [6.07, 6.45) is 1.77. The van der Waals surface area contributed by atoms with Crippen molar-refractivity contribution < 1.29 is 14.3 Å². The lowest BCUT2D eigenvalue weighted by atomic mass is 9.96. The minimum atomic E-state index is -0.737. The van der Waals surface area contributed by atoms with Crippen molar-refractivity contribution >= 4 is 35.0 Å². The number of hydrogen-bond acceptors (Lipinski definition) is 6. The van der Waals surface area contributed by atoms with E-state index in [-0.39, 0.29) is 12.2 Å². The molecule has 0 spiro atoms. The zero-order chi connectivity index (χ0) is 22.8. The molecule has 2 heterocycles. The van der Waals surface area contributed by atoms with Crippen LogP contribution in [0.1, 0.15) is 31.0 Å². The van der Waals surface area contributed by atoms with Crippen LogP contribution in [-0.4, -0.2) is 24.3 Å². The topological polar surface area (TPSA) is 69.9 Å². The number of esters is 1. The van der Waals surface area contributed by atoms with Gasteiger partial charge in [0.2, 0.25) is 0 Å². The Bertz CT molecular complexity index is 1400. The molecule has 0 saturated heterocycles. The van der Waals surface area contributed by atoms with Crippen LogP contribution in [0.3, 0.4) is 0 Å². The van der Waals surface area contributed by atoms with E-state index in [9.17, 15) is 9.59 Å². The molecule has 0 saturated carbocycles. The zero-order valence-corrected chi connectivity index (χ0v) is 19.4. The van der Waals surface area contributed by atoms with Gasteiger partial charge in [-0.2, -0.15) is 0 Å². The van der Waals surface area contributed by atoms with E-state index in [0.29, 0.717) is 36.9 Å². The number of halogens is 1. The van der Waals surface area contributed by atoms with Crippen LogP contribution in [0.4, 0.5) is 0 Å². The highest BCUT2D eigenvalue weighted by Gasteiger charge is 2.34. The highest BCUT2D eigenvalue weighted by Crippen LogP contribution is 2.34. The lowest BCUT2D eigenvalue weighted by molar-refractivity contribution is -0.139. The second-order valence-corrected chi connectivity index (χ2v) is 8.48. The Morgan fingerprint density at radius 3 is 2.66 bits per heavy atom. The molecule has 0 radical (unpaired) electrons. The smallest absolute Gasteiger partial charge is 0.338 e. The fourth-order valence-electron chi connectivity index (χ4n) is 3.71. The molecular weight excluding hydrogens is 448 g/mol. The van der Waals surface area contributed by atoms with Crippen molar-refractivity contribution in [1.82, 2.24) is 4.57 Å². The van der Waals surface area contributed by atoms with Crippen molar-refractivity contribution in [2.45, 2.75) is 19.9 Å². The van der Waals surface area contributed by atoms with Gasteiger partial charge >= 0.3 is 5.97 Å². The summed E-state index contributed by atoms with van der Waals surface area (Å²) in [6.45, 7) is 3.69. The molecule has 0 aliphatic carbocycles. The molecule has 0 amide bonds. The van der Waals surface area contributed by atoms with E-state index in [1.807, 2.05) is 36.4 Å². The first-order chi connectivity index (χ1) is 15.5. The van der Waals surface area contributed by atoms with Crippen LogP contribution in [0.2, 0.25) is 5.02 Å². The number of benzene rings is 2. The Balaban J connectivity index is 1.99. The first-order valence-corrected chi connectivity index (χ1v) is 11.2. The molecule has 164 valence electrons. The number of hydrogen-bond donors (Lipinski definition) is 0. The van der Waals surface area contributed by atoms with E-state index >= 15 is 0 Å². The molecule has 2 aromatic carbocycles. The number of methoxy groups -OCH3 is 1. The molecule has 1 atom stereocenters. The van der Waals surface area contributed by atoms with Gasteiger partial charge in [-0.1, -0.05) is 59.3 Å². The summed E-state index contributed by atoms with van der Waals surface area (Å²) in [5.74, 6) is 0.141. The Morgan fingerprint density at radius 2 is 1.94 bits per heavy atom. The van der Waals surface area contributed by atoms with Gasteiger partial charge in [-0.25, -0.2) is 9.79 Å². The number of allylic oxidation sites excluding steroid dienone is 1. The van der Waals surface area contributed by atoms with Gasteiger partial charge in [-0.05, 0) is 37.6 Å². The van der Waals surface area contributed by atoms with Crippen LogP contribution in [-0.2, 0) is 9.53 Å². The summed E-state index contributed by atoms with van der Waals surface area (Å²) in [4.78, 5) is 31.5. The summed E-state index contributed by atoms with van der Waals surface area (Å²) < 4.78 is 12.7. The summed E-state index contributed by atoms with van der Waals surface area (Å²) in [5.41, 5.74) is 1.95. The standard InChI is InChI=1S/C24H21ClN2O4S/c1-4-31-23(29)20-14(2)26-24-27(21(20)16-10-6-7-11-17(16)25)22(28)19(32-24)13-15-9-5-8-12-18(15)30-3/h5-13,21H,4H2,1-3H3/b19-13+/t21-/m1/s1. The van der Waals surface area contributed by atoms with Gasteiger partial charge in [-0.15, -0.1) is 0 Å². The number of aromatic nitrogens is 1. The van der Waals surface area contributed by atoms with Gasteiger partial charge < -0.3 is 9.47 Å². The molecule has 1 aliphatic heterocycles. The molecule has 1 aromatic heterocycles. The Morgan fingerprint density at radius 1 is 1.22 bits per heavy atom. The number of carbonyl (C=O) groups excluding carboxylic acids is 1. The number of para-hydroxylation sites is 1. The van der Waals surface area contributed by atoms with Crippen LogP contribution in [0.25, 0.3) is 6.08 Å². The van der Waals surface area contributed by atoms with Crippen LogP contribution < -0.4 is 19.6 Å². The number of ether oxygens (including phenoxy) is 2. The monoisotopic (exact) mass is 468 g/mol. The maximum Gasteiger partial charge on any atom is 0.338 e. The van der Waals surface area contributed by atoms with Crippen LogP contribution >= 0.6 is 22.9 Å². The van der Waals surface area contributed by atoms with Crippen molar-refractivity contribution in [2.75, 3.05) is 13.7 Å². The lowest BCUT2D eigenvalue weighted by Crippen LogP contribution is -2.40. The van der Waals surface area contributed by atoms with Crippen molar-refractivity contribution in [3.05, 3.63) is 95.6 Å². The molecule has 32 heavy (non-hydrogen) atoms. The van der Waals surface area contributed by atoms with Gasteiger partial charge in [0.1, 0.15) is 11.8 Å². The zero-order valence-electron chi connectivity index (χ0n) is 17.8. The van der Waals surface area contributed by atoms with Gasteiger partial charge in [0.15, 0.2) is 4.80 Å². The quantitative estimate of drug-likeness (QED) is 0.538. The molecule has 6 nitrogen and oxygen atoms in total. The number of nitrogens with zero attached hydrogens (tertiary/aromatic N) is 2. The van der Waals surface area contributed by atoms with Crippen molar-refractivity contribution in [3.8, 4) is 5.75 Å². The van der Waals surface area contributed by atoms with E-state index in [1.165, 1.54) is 15.9 Å². The average Bonchev–Trinajstić information content (AvgIpc) is 3.08. The molecule has 4 rings (SSSR count). The highest BCUT2D eigenvalue weighted by molar-refractivity contribution is 7.07. The van der Waals surface area contributed by atoms with Gasteiger partial charge in [0.25, 0.3) is 5.56 Å². The van der Waals surface area contributed by atoms with E-state index in [0.717, 1.165) is 5.56 Å². The molecule has 3 aromatic rings. The lowest BCUT2D eigenvalue weighted by Gasteiger charge is -2.25. The number of thiazole rings is 1. The van der Waals surface area contributed by atoms with Crippen molar-refractivity contribution in [2.24, 2.45) is 4.99 Å². The maximum absolute atomic E-state index is 13.6. The number of carbonyl (C=O) groups is 1. The fraction of sp³-hybridized carbons (Fsp3) is 0.208. The van der Waals surface area contributed by atoms with Crippen LogP contribution in [0, 0.1) is 0 Å². The highest BCUT2D eigenvalue weighted by atomic mass is 35.5. The first kappa shape index (κ1) is 22.0. The SMILES string of the molecule is CCOC(=O)C1=C(C)N=c2s/c(=C/c3ccccc3OC)c(=O)n2[C@@H]1c1ccccc1Cl. The predicted octanol–water partition coefficient (Wildman–Crippen LogP) is 3.46. The summed E-state index contributed by atoms with van der Waals surface area (Å²) in [7, 11) is 1.58. The van der Waals surface area contributed by atoms with Gasteiger partial charge in [-0.3, -0.25) is 9.36 Å². The minimum Gasteiger partial charge on any atom is -0.496 e. The Kier molecular flexibility index (Phi) is 6.30. The number of fused-ring (bicyclic) bond motifs is 1. The fourth-order valence-corrected chi connectivity index (χ4v) is 4.99. The molecule has 0 unspecified atom stereocenters. The third-order valence-corrected chi connectivity index (χ3v) is 6.47. The molecule has 0 N–H and O–H groups in total. The normalized spacial score (nSPS) is 15.9. The van der Waals surface area contributed by atoms with Gasteiger partial charge in [0, 0.05) is 10.6 Å². The van der Waals surface area contributed by atoms with Crippen molar-refractivity contribution in [1.29, 1.82) is 0 Å². The molecule has 8 heteroatoms. The second-order valence-electron chi connectivity index (χ2n) is 7.07. The first-order valence-electron chi connectivity index (χ1n) is 10.0. The summed E-state index contributed by atoms with van der Waals surface area (Å²) >= 11 is 7.76.